The molecule has 0 aliphatic carbocycles. The van der Waals surface area contributed by atoms with Gasteiger partial charge in [-0.15, -0.1) is 0 Å². The molecule has 0 aromatic carbocycles. The molecule has 7 heteroatoms. The van der Waals surface area contributed by atoms with E-state index in [1.807, 2.05) is 19.0 Å². The minimum Gasteiger partial charge on any atom is -0.315 e. The molecule has 0 radical (unpaired) electrons. The van der Waals surface area contributed by atoms with Gasteiger partial charge < -0.3 is 10.2 Å². The molecule has 120 valence electrons. The summed E-state index contributed by atoms with van der Waals surface area (Å²) < 4.78 is 29.1. The van der Waals surface area contributed by atoms with Crippen LogP contribution in [0.2, 0.25) is 0 Å². The van der Waals surface area contributed by atoms with Crippen LogP contribution in [0.4, 0.5) is 0 Å². The zero-order valence-electron chi connectivity index (χ0n) is 13.1. The maximum atomic E-state index is 12.4. The summed E-state index contributed by atoms with van der Waals surface area (Å²) in [6, 6.07) is 0.0900. The highest BCUT2D eigenvalue weighted by Crippen LogP contribution is 2.19. The van der Waals surface area contributed by atoms with E-state index in [4.69, 9.17) is 0 Å². The topological polar surface area (TPSA) is 64.7 Å². The van der Waals surface area contributed by atoms with Crippen LogP contribution in [0, 0.1) is 0 Å². The normalized spacial score (nSPS) is 21.5. The minimum absolute atomic E-state index is 0.0900. The van der Waals surface area contributed by atoms with Crippen LogP contribution in [0.1, 0.15) is 32.6 Å². The summed E-state index contributed by atoms with van der Waals surface area (Å²) >= 11 is 0. The van der Waals surface area contributed by atoms with Gasteiger partial charge in [0.1, 0.15) is 0 Å². The van der Waals surface area contributed by atoms with Gasteiger partial charge >= 0.3 is 0 Å². The molecule has 1 unspecified atom stereocenters. The van der Waals surface area contributed by atoms with Gasteiger partial charge in [0.2, 0.25) is 0 Å². The Balaban J connectivity index is 2.53. The van der Waals surface area contributed by atoms with E-state index in [9.17, 15) is 8.42 Å². The zero-order valence-corrected chi connectivity index (χ0v) is 13.9. The summed E-state index contributed by atoms with van der Waals surface area (Å²) in [7, 11) is 0.526. The maximum Gasteiger partial charge on any atom is 0.279 e. The van der Waals surface area contributed by atoms with E-state index in [2.05, 4.69) is 17.0 Å². The first-order valence-corrected chi connectivity index (χ1v) is 9.03. The molecule has 0 aromatic rings. The Morgan fingerprint density at radius 2 is 2.00 bits per heavy atom. The highest BCUT2D eigenvalue weighted by molar-refractivity contribution is 7.87. The van der Waals surface area contributed by atoms with E-state index in [-0.39, 0.29) is 6.04 Å². The van der Waals surface area contributed by atoms with Crippen LogP contribution in [-0.4, -0.2) is 70.5 Å². The summed E-state index contributed by atoms with van der Waals surface area (Å²) in [5.41, 5.74) is 0. The van der Waals surface area contributed by atoms with Gasteiger partial charge in [-0.3, -0.25) is 0 Å². The predicted octanol–water partition coefficient (Wildman–Crippen LogP) is 0.237. The molecule has 0 aromatic heterocycles. The van der Waals surface area contributed by atoms with Crippen LogP contribution in [0.5, 0.6) is 0 Å². The number of hydrogen-bond acceptors (Lipinski definition) is 4. The summed E-state index contributed by atoms with van der Waals surface area (Å²) in [5, 5.41) is 3.34. The summed E-state index contributed by atoms with van der Waals surface area (Å²) in [6.45, 7) is 5.62. The van der Waals surface area contributed by atoms with E-state index in [1.54, 1.807) is 4.31 Å². The number of hydrogen-bond donors (Lipinski definition) is 2. The Labute approximate surface area is 124 Å². The van der Waals surface area contributed by atoms with Crippen LogP contribution in [0.15, 0.2) is 0 Å². The first-order valence-electron chi connectivity index (χ1n) is 7.59. The second-order valence-electron chi connectivity index (χ2n) is 5.67. The van der Waals surface area contributed by atoms with Gasteiger partial charge in [-0.1, -0.05) is 13.3 Å². The van der Waals surface area contributed by atoms with Crippen LogP contribution in [0.3, 0.4) is 0 Å². The first-order chi connectivity index (χ1) is 9.47. The second kappa shape index (κ2) is 8.94. The number of nitrogens with one attached hydrogen (secondary N) is 2. The first kappa shape index (κ1) is 17.8. The SMILES string of the molecule is CCCNCC1CCCCN1S(=O)(=O)NCCN(C)C. The Bertz CT molecular complexity index is 359. The van der Waals surface area contributed by atoms with Crippen molar-refractivity contribution in [3.05, 3.63) is 0 Å². The Morgan fingerprint density at radius 1 is 1.25 bits per heavy atom. The van der Waals surface area contributed by atoms with Gasteiger partial charge in [0.25, 0.3) is 10.2 Å². The van der Waals surface area contributed by atoms with Crippen molar-refractivity contribution in [2.24, 2.45) is 0 Å². The Hall–Kier alpha value is -0.210. The largest absolute Gasteiger partial charge is 0.315 e. The molecule has 1 fully saturated rings. The van der Waals surface area contributed by atoms with Gasteiger partial charge in [0, 0.05) is 32.2 Å². The van der Waals surface area contributed by atoms with Crippen molar-refractivity contribution in [3.63, 3.8) is 0 Å². The van der Waals surface area contributed by atoms with E-state index in [0.717, 1.165) is 38.8 Å². The van der Waals surface area contributed by atoms with Crippen molar-refractivity contribution < 1.29 is 8.42 Å². The molecular weight excluding hydrogens is 276 g/mol. The average molecular weight is 306 g/mol. The lowest BCUT2D eigenvalue weighted by atomic mass is 10.1. The van der Waals surface area contributed by atoms with E-state index in [0.29, 0.717) is 19.6 Å². The van der Waals surface area contributed by atoms with Crippen LogP contribution >= 0.6 is 0 Å². The van der Waals surface area contributed by atoms with Crippen LogP contribution < -0.4 is 10.0 Å². The van der Waals surface area contributed by atoms with Crippen LogP contribution in [-0.2, 0) is 10.2 Å². The molecule has 1 heterocycles. The lowest BCUT2D eigenvalue weighted by Gasteiger charge is -2.34. The standard InChI is InChI=1S/C13H30N4O2S/c1-4-8-14-12-13-7-5-6-10-17(13)20(18,19)15-9-11-16(2)3/h13-15H,4-12H2,1-3H3. The fourth-order valence-corrected chi connectivity index (χ4v) is 3.88. The summed E-state index contributed by atoms with van der Waals surface area (Å²) in [4.78, 5) is 1.97. The van der Waals surface area contributed by atoms with Crippen molar-refractivity contribution in [2.45, 2.75) is 38.6 Å². The van der Waals surface area contributed by atoms with E-state index in [1.165, 1.54) is 0 Å². The van der Waals surface area contributed by atoms with Crippen molar-refractivity contribution >= 4 is 10.2 Å². The third-order valence-electron chi connectivity index (χ3n) is 3.53. The number of likely N-dealkylation sites (N-methyl/N-ethyl adjacent to an activating group) is 1. The quantitative estimate of drug-likeness (QED) is 0.599. The zero-order chi connectivity index (χ0) is 15.0. The monoisotopic (exact) mass is 306 g/mol. The molecular formula is C13H30N4O2S. The predicted molar refractivity (Wildman–Crippen MR) is 83.0 cm³/mol. The Morgan fingerprint density at radius 3 is 2.65 bits per heavy atom. The van der Waals surface area contributed by atoms with Gasteiger partial charge in [0.05, 0.1) is 0 Å². The second-order valence-corrected chi connectivity index (χ2v) is 7.37. The molecule has 20 heavy (non-hydrogen) atoms. The number of nitrogens with zero attached hydrogens (tertiary/aromatic N) is 2. The van der Waals surface area contributed by atoms with Gasteiger partial charge in [0.15, 0.2) is 0 Å². The third-order valence-corrected chi connectivity index (χ3v) is 5.20. The minimum atomic E-state index is -3.35. The van der Waals surface area contributed by atoms with Gasteiger partial charge in [-0.2, -0.15) is 12.7 Å². The van der Waals surface area contributed by atoms with Crippen molar-refractivity contribution in [1.29, 1.82) is 0 Å². The maximum absolute atomic E-state index is 12.4. The number of piperidine rings is 1. The molecule has 6 nitrogen and oxygen atoms in total. The summed E-state index contributed by atoms with van der Waals surface area (Å²) in [5.74, 6) is 0. The van der Waals surface area contributed by atoms with E-state index >= 15 is 0 Å². The van der Waals surface area contributed by atoms with Crippen LogP contribution in [0.25, 0.3) is 0 Å². The van der Waals surface area contributed by atoms with Crippen molar-refractivity contribution in [3.8, 4) is 0 Å². The van der Waals surface area contributed by atoms with Crippen molar-refractivity contribution in [2.75, 3.05) is 46.8 Å². The molecule has 1 atom stereocenters. The Kier molecular flexibility index (Phi) is 7.98. The smallest absolute Gasteiger partial charge is 0.279 e. The molecule has 0 bridgehead atoms. The molecule has 0 amide bonds. The van der Waals surface area contributed by atoms with Gasteiger partial charge in [-0.05, 0) is 39.9 Å². The molecule has 1 saturated heterocycles. The summed E-state index contributed by atoms with van der Waals surface area (Å²) in [6.07, 6.45) is 4.09. The van der Waals surface area contributed by atoms with E-state index < -0.39 is 10.2 Å². The fraction of sp³-hybridized carbons (Fsp3) is 1.00. The molecule has 1 aliphatic rings. The molecule has 1 rings (SSSR count). The highest BCUT2D eigenvalue weighted by atomic mass is 32.2. The average Bonchev–Trinajstić information content (AvgIpc) is 2.39. The molecule has 2 N–H and O–H groups in total. The highest BCUT2D eigenvalue weighted by Gasteiger charge is 2.31. The molecule has 0 spiro atoms. The number of rotatable bonds is 9. The molecule has 1 aliphatic heterocycles. The van der Waals surface area contributed by atoms with Gasteiger partial charge in [-0.25, -0.2) is 4.72 Å². The van der Waals surface area contributed by atoms with Crippen molar-refractivity contribution in [1.82, 2.24) is 19.2 Å². The molecule has 0 saturated carbocycles. The lowest BCUT2D eigenvalue weighted by molar-refractivity contribution is 0.242. The fourth-order valence-electron chi connectivity index (χ4n) is 2.42. The lowest BCUT2D eigenvalue weighted by Crippen LogP contribution is -2.53. The third kappa shape index (κ3) is 6.05.